The Kier molecular flexibility index (Phi) is 6.61. The molecule has 6 atom stereocenters. The molecule has 0 aromatic carbocycles. The van der Waals surface area contributed by atoms with Gasteiger partial charge in [-0.1, -0.05) is 63.7 Å². The Morgan fingerprint density at radius 1 is 0.722 bits per heavy atom. The highest BCUT2D eigenvalue weighted by Crippen LogP contribution is 2.45. The summed E-state index contributed by atoms with van der Waals surface area (Å²) < 4.78 is 9.57. The lowest BCUT2D eigenvalue weighted by molar-refractivity contribution is -0.158. The second kappa shape index (κ2) is 7.04. The van der Waals surface area contributed by atoms with Gasteiger partial charge in [-0.05, 0) is 0 Å². The summed E-state index contributed by atoms with van der Waals surface area (Å²) in [4.78, 5) is 23.3. The van der Waals surface area contributed by atoms with Crippen LogP contribution in [0, 0.1) is 11.8 Å². The molecule has 0 heterocycles. The lowest BCUT2D eigenvalue weighted by Crippen LogP contribution is -2.55. The van der Waals surface area contributed by atoms with Crippen LogP contribution in [0.4, 0.5) is 0 Å². The molecule has 0 aromatic rings. The van der Waals surface area contributed by atoms with Gasteiger partial charge in [-0.2, -0.15) is 0 Å². The van der Waals surface area contributed by atoms with Gasteiger partial charge in [-0.25, -0.2) is 0 Å². The first-order valence-electron chi connectivity index (χ1n) is 5.08. The molecule has 0 saturated heterocycles. The molecule has 0 bridgehead atoms. The maximum atomic E-state index is 11.9. The van der Waals surface area contributed by atoms with Gasteiger partial charge in [0.2, 0.25) is 0 Å². The molecule has 0 amide bonds. The molecular formula is C10H12Br4O4. The summed E-state index contributed by atoms with van der Waals surface area (Å²) >= 11 is 13.9. The predicted molar refractivity (Wildman–Crippen MR) is 81.9 cm³/mol. The van der Waals surface area contributed by atoms with E-state index in [0.29, 0.717) is 0 Å². The third-order valence-corrected chi connectivity index (χ3v) is 9.62. The van der Waals surface area contributed by atoms with Gasteiger partial charge in [0.1, 0.15) is 0 Å². The topological polar surface area (TPSA) is 52.6 Å². The SMILES string of the molecule is COC(=O)C1C(Br)C(Br)C(Br)C(Br)C1C(=O)OC. The number of esters is 2. The zero-order chi connectivity index (χ0) is 14.0. The fraction of sp³-hybridized carbons (Fsp3) is 0.800. The minimum Gasteiger partial charge on any atom is -0.469 e. The molecule has 1 aliphatic rings. The van der Waals surface area contributed by atoms with Crippen molar-refractivity contribution in [2.24, 2.45) is 11.8 Å². The minimum atomic E-state index is -0.606. The van der Waals surface area contributed by atoms with Crippen LogP contribution in [0.2, 0.25) is 0 Å². The van der Waals surface area contributed by atoms with Crippen molar-refractivity contribution in [3.05, 3.63) is 0 Å². The van der Waals surface area contributed by atoms with E-state index in [2.05, 4.69) is 63.7 Å². The van der Waals surface area contributed by atoms with Crippen LogP contribution >= 0.6 is 63.7 Å². The minimum absolute atomic E-state index is 0.0214. The first-order chi connectivity index (χ1) is 8.36. The highest BCUT2D eigenvalue weighted by molar-refractivity contribution is 9.14. The summed E-state index contributed by atoms with van der Waals surface area (Å²) in [6, 6.07) is 0. The van der Waals surface area contributed by atoms with Crippen LogP contribution in [-0.4, -0.2) is 45.5 Å². The van der Waals surface area contributed by atoms with Crippen molar-refractivity contribution in [1.82, 2.24) is 0 Å². The summed E-state index contributed by atoms with van der Waals surface area (Å²) in [6.45, 7) is 0. The Balaban J connectivity index is 3.13. The average Bonchev–Trinajstić information content (AvgIpc) is 2.38. The summed E-state index contributed by atoms with van der Waals surface area (Å²) in [5.41, 5.74) is 0. The van der Waals surface area contributed by atoms with E-state index in [4.69, 9.17) is 9.47 Å². The maximum absolute atomic E-state index is 11.9. The molecular weight excluding hydrogens is 504 g/mol. The Labute approximate surface area is 139 Å². The largest absolute Gasteiger partial charge is 0.469 e. The smallest absolute Gasteiger partial charge is 0.310 e. The van der Waals surface area contributed by atoms with E-state index in [1.54, 1.807) is 0 Å². The van der Waals surface area contributed by atoms with E-state index < -0.39 is 23.8 Å². The second-order valence-corrected chi connectivity index (χ2v) is 8.10. The number of carbonyl (C=O) groups excluding carboxylic acids is 2. The van der Waals surface area contributed by atoms with Gasteiger partial charge in [0.25, 0.3) is 0 Å². The molecule has 1 saturated carbocycles. The van der Waals surface area contributed by atoms with Crippen LogP contribution in [0.25, 0.3) is 0 Å². The number of methoxy groups -OCH3 is 2. The average molecular weight is 516 g/mol. The predicted octanol–water partition coefficient (Wildman–Crippen LogP) is 2.63. The van der Waals surface area contributed by atoms with Gasteiger partial charge in [0.05, 0.1) is 26.1 Å². The fourth-order valence-electron chi connectivity index (χ4n) is 1.97. The normalized spacial score (nSPS) is 40.1. The molecule has 1 rings (SSSR count). The van der Waals surface area contributed by atoms with E-state index in [-0.39, 0.29) is 19.3 Å². The van der Waals surface area contributed by atoms with E-state index in [1.165, 1.54) is 14.2 Å². The van der Waals surface area contributed by atoms with Crippen molar-refractivity contribution in [2.75, 3.05) is 14.2 Å². The van der Waals surface area contributed by atoms with Crippen molar-refractivity contribution in [1.29, 1.82) is 0 Å². The monoisotopic (exact) mass is 512 g/mol. The molecule has 8 heteroatoms. The fourth-order valence-corrected chi connectivity index (χ4v) is 5.85. The van der Waals surface area contributed by atoms with Crippen molar-refractivity contribution >= 4 is 75.7 Å². The summed E-state index contributed by atoms with van der Waals surface area (Å²) in [6.07, 6.45) is 0. The van der Waals surface area contributed by atoms with Crippen LogP contribution < -0.4 is 0 Å². The number of hydrogen-bond acceptors (Lipinski definition) is 4. The summed E-state index contributed by atoms with van der Waals surface area (Å²) in [5, 5.41) is 0. The molecule has 0 aliphatic heterocycles. The zero-order valence-electron chi connectivity index (χ0n) is 9.61. The molecule has 18 heavy (non-hydrogen) atoms. The first kappa shape index (κ1) is 16.9. The number of hydrogen-bond donors (Lipinski definition) is 0. The number of ether oxygens (including phenoxy) is 2. The molecule has 0 spiro atoms. The lowest BCUT2D eigenvalue weighted by atomic mass is 9.79. The van der Waals surface area contributed by atoms with E-state index in [0.717, 1.165) is 0 Å². The Hall–Kier alpha value is 0.860. The molecule has 6 unspecified atom stereocenters. The van der Waals surface area contributed by atoms with Gasteiger partial charge in [0, 0.05) is 19.3 Å². The van der Waals surface area contributed by atoms with Crippen LogP contribution in [0.3, 0.4) is 0 Å². The molecule has 1 aliphatic carbocycles. The lowest BCUT2D eigenvalue weighted by Gasteiger charge is -2.41. The van der Waals surface area contributed by atoms with Crippen LogP contribution in [0.1, 0.15) is 0 Å². The highest BCUT2D eigenvalue weighted by Gasteiger charge is 2.54. The Morgan fingerprint density at radius 3 is 1.22 bits per heavy atom. The first-order valence-corrected chi connectivity index (χ1v) is 8.75. The summed E-state index contributed by atoms with van der Waals surface area (Å²) in [5.74, 6) is -2.07. The number of alkyl halides is 4. The van der Waals surface area contributed by atoms with E-state index in [9.17, 15) is 9.59 Å². The highest BCUT2D eigenvalue weighted by atomic mass is 79.9. The van der Waals surface area contributed by atoms with Gasteiger partial charge >= 0.3 is 11.9 Å². The number of carbonyl (C=O) groups is 2. The van der Waals surface area contributed by atoms with E-state index in [1.807, 2.05) is 0 Å². The molecule has 104 valence electrons. The standard InChI is InChI=1S/C10H12Br4O4/c1-17-9(15)3-4(10(16)18-2)6(12)8(14)7(13)5(3)11/h3-8H,1-2H3. The molecule has 0 radical (unpaired) electrons. The third-order valence-electron chi connectivity index (χ3n) is 2.93. The van der Waals surface area contributed by atoms with Gasteiger partial charge in [-0.15, -0.1) is 0 Å². The Morgan fingerprint density at radius 2 is 1.00 bits per heavy atom. The number of rotatable bonds is 2. The zero-order valence-corrected chi connectivity index (χ0v) is 16.0. The molecule has 4 nitrogen and oxygen atoms in total. The van der Waals surface area contributed by atoms with Gasteiger partial charge < -0.3 is 9.47 Å². The third kappa shape index (κ3) is 3.12. The van der Waals surface area contributed by atoms with Crippen molar-refractivity contribution in [3.63, 3.8) is 0 Å². The molecule has 0 N–H and O–H groups in total. The second-order valence-electron chi connectivity index (χ2n) is 3.88. The maximum Gasteiger partial charge on any atom is 0.310 e. The molecule has 0 aromatic heterocycles. The van der Waals surface area contributed by atoms with Gasteiger partial charge in [0.15, 0.2) is 0 Å². The Bertz CT molecular complexity index is 306. The van der Waals surface area contributed by atoms with Crippen molar-refractivity contribution in [2.45, 2.75) is 19.3 Å². The van der Waals surface area contributed by atoms with Crippen molar-refractivity contribution in [3.8, 4) is 0 Å². The van der Waals surface area contributed by atoms with Crippen LogP contribution in [-0.2, 0) is 19.1 Å². The van der Waals surface area contributed by atoms with Crippen molar-refractivity contribution < 1.29 is 19.1 Å². The number of halogens is 4. The van der Waals surface area contributed by atoms with Gasteiger partial charge in [-0.3, -0.25) is 9.59 Å². The van der Waals surface area contributed by atoms with E-state index >= 15 is 0 Å². The quantitative estimate of drug-likeness (QED) is 0.419. The van der Waals surface area contributed by atoms with Crippen LogP contribution in [0.15, 0.2) is 0 Å². The summed E-state index contributed by atoms with van der Waals surface area (Å²) in [7, 11) is 2.62. The molecule has 1 fully saturated rings. The van der Waals surface area contributed by atoms with Crippen LogP contribution in [0.5, 0.6) is 0 Å².